The molecule has 5 atom stereocenters. The first-order valence-electron chi connectivity index (χ1n) is 15.2. The van der Waals surface area contributed by atoms with E-state index in [1.165, 1.54) is 0 Å². The Labute approximate surface area is 261 Å². The molecule has 0 aliphatic carbocycles. The van der Waals surface area contributed by atoms with Crippen molar-refractivity contribution in [2.24, 2.45) is 0 Å². The van der Waals surface area contributed by atoms with Gasteiger partial charge in [-0.1, -0.05) is 121 Å². The van der Waals surface area contributed by atoms with Crippen LogP contribution in [-0.4, -0.2) is 37.3 Å². The molecule has 6 heteroatoms. The van der Waals surface area contributed by atoms with Crippen molar-refractivity contribution in [3.8, 4) is 0 Å². The molecule has 0 spiro atoms. The minimum Gasteiger partial charge on any atom is -0.467 e. The first-order valence-corrected chi connectivity index (χ1v) is 15.2. The average Bonchev–Trinajstić information content (AvgIpc) is 3.08. The Balaban J connectivity index is 1.44. The van der Waals surface area contributed by atoms with Crippen LogP contribution in [0.5, 0.6) is 0 Å². The molecule has 1 aliphatic heterocycles. The van der Waals surface area contributed by atoms with Gasteiger partial charge in [-0.3, -0.25) is 0 Å². The molecule has 1 saturated heterocycles. The molecule has 0 N–H and O–H groups in total. The molecule has 1 heterocycles. The van der Waals surface area contributed by atoms with Gasteiger partial charge in [0.1, 0.15) is 24.4 Å². The first-order chi connectivity index (χ1) is 21.7. The molecule has 4 aromatic rings. The van der Waals surface area contributed by atoms with Gasteiger partial charge in [0.15, 0.2) is 0 Å². The molecular weight excluding hydrogens is 552 g/mol. The topological polar surface area (TPSA) is 55.4 Å². The third-order valence-corrected chi connectivity index (χ3v) is 7.55. The van der Waals surface area contributed by atoms with Crippen molar-refractivity contribution in [2.75, 3.05) is 6.61 Å². The number of ether oxygens (including phenoxy) is 6. The van der Waals surface area contributed by atoms with Crippen LogP contribution in [0, 0.1) is 0 Å². The Hall–Kier alpha value is -3.78. The third-order valence-electron chi connectivity index (χ3n) is 7.55. The smallest absolute Gasteiger partial charge is 0.228 e. The van der Waals surface area contributed by atoms with Gasteiger partial charge in [0.25, 0.3) is 0 Å². The highest BCUT2D eigenvalue weighted by molar-refractivity contribution is 5.16. The summed E-state index contributed by atoms with van der Waals surface area (Å²) < 4.78 is 39.2. The van der Waals surface area contributed by atoms with E-state index in [2.05, 4.69) is 24.3 Å². The lowest BCUT2D eigenvalue weighted by molar-refractivity contribution is -0.320. The van der Waals surface area contributed by atoms with Crippen LogP contribution in [-0.2, 0) is 54.8 Å². The quantitative estimate of drug-likeness (QED) is 0.132. The van der Waals surface area contributed by atoms with Gasteiger partial charge >= 0.3 is 0 Å². The second-order valence-corrected chi connectivity index (χ2v) is 10.8. The van der Waals surface area contributed by atoms with Crippen LogP contribution in [0.15, 0.2) is 133 Å². The number of allylic oxidation sites excluding steroid dienone is 2. The lowest BCUT2D eigenvalue weighted by Gasteiger charge is -2.45. The monoisotopic (exact) mass is 594 g/mol. The van der Waals surface area contributed by atoms with E-state index in [-0.39, 0.29) is 0 Å². The third kappa shape index (κ3) is 9.36. The molecule has 44 heavy (non-hydrogen) atoms. The summed E-state index contributed by atoms with van der Waals surface area (Å²) in [5.74, 6) is 0.734. The van der Waals surface area contributed by atoms with Crippen molar-refractivity contribution >= 4 is 0 Å². The van der Waals surface area contributed by atoms with Gasteiger partial charge in [0, 0.05) is 0 Å². The molecule has 5 rings (SSSR count). The van der Waals surface area contributed by atoms with Crippen LogP contribution in [0.1, 0.15) is 36.1 Å². The summed E-state index contributed by atoms with van der Waals surface area (Å²) in [6.07, 6.45) is -0.902. The first kappa shape index (κ1) is 31.6. The van der Waals surface area contributed by atoms with E-state index in [9.17, 15) is 0 Å². The normalized spacial score (nSPS) is 22.0. The molecule has 5 unspecified atom stereocenters. The fourth-order valence-corrected chi connectivity index (χ4v) is 5.09. The molecule has 0 aromatic heterocycles. The van der Waals surface area contributed by atoms with Crippen LogP contribution in [0.2, 0.25) is 0 Å². The lowest BCUT2D eigenvalue weighted by Crippen LogP contribution is -2.61. The van der Waals surface area contributed by atoms with E-state index in [0.29, 0.717) is 33.0 Å². The average molecular weight is 595 g/mol. The molecule has 0 saturated carbocycles. The predicted octanol–water partition coefficient (Wildman–Crippen LogP) is 7.62. The van der Waals surface area contributed by atoms with Crippen molar-refractivity contribution < 1.29 is 28.4 Å². The van der Waals surface area contributed by atoms with E-state index in [1.807, 2.05) is 117 Å². The van der Waals surface area contributed by atoms with Gasteiger partial charge in [0.05, 0.1) is 38.8 Å². The minimum absolute atomic E-state index is 0.291. The predicted molar refractivity (Wildman–Crippen MR) is 170 cm³/mol. The molecular formula is C38H42O6. The molecule has 4 aromatic carbocycles. The number of rotatable bonds is 15. The maximum absolute atomic E-state index is 6.73. The maximum atomic E-state index is 6.73. The number of hydrogen-bond acceptors (Lipinski definition) is 6. The number of benzene rings is 4. The number of hydrogen-bond donors (Lipinski definition) is 0. The van der Waals surface area contributed by atoms with Crippen molar-refractivity contribution in [3.05, 3.63) is 155 Å². The van der Waals surface area contributed by atoms with Crippen molar-refractivity contribution in [2.45, 2.75) is 71.0 Å². The summed E-state index contributed by atoms with van der Waals surface area (Å²) in [7, 11) is 0. The zero-order valence-corrected chi connectivity index (χ0v) is 25.5. The highest BCUT2D eigenvalue weighted by atomic mass is 16.7. The SMILES string of the molecule is C/C=C(/C)OC1OC(COCc2ccccc2)C(OCc2ccccc2)C(OCc2ccccc2)C1OCc1ccccc1. The van der Waals surface area contributed by atoms with Gasteiger partial charge in [-0.25, -0.2) is 0 Å². The Kier molecular flexibility index (Phi) is 12.2. The molecule has 0 bridgehead atoms. The fraction of sp³-hybridized carbons (Fsp3) is 0.316. The van der Waals surface area contributed by atoms with Gasteiger partial charge < -0.3 is 28.4 Å². The van der Waals surface area contributed by atoms with Crippen molar-refractivity contribution in [1.29, 1.82) is 0 Å². The van der Waals surface area contributed by atoms with E-state index >= 15 is 0 Å². The van der Waals surface area contributed by atoms with E-state index in [0.717, 1.165) is 28.0 Å². The largest absolute Gasteiger partial charge is 0.467 e. The van der Waals surface area contributed by atoms with Gasteiger partial charge in [-0.2, -0.15) is 0 Å². The van der Waals surface area contributed by atoms with Gasteiger partial charge in [0.2, 0.25) is 6.29 Å². The van der Waals surface area contributed by atoms with Crippen LogP contribution >= 0.6 is 0 Å². The Morgan fingerprint density at radius 2 is 0.977 bits per heavy atom. The fourth-order valence-electron chi connectivity index (χ4n) is 5.09. The second kappa shape index (κ2) is 16.9. The van der Waals surface area contributed by atoms with Crippen LogP contribution < -0.4 is 0 Å². The van der Waals surface area contributed by atoms with E-state index < -0.39 is 30.7 Å². The van der Waals surface area contributed by atoms with E-state index in [1.54, 1.807) is 0 Å². The molecule has 1 fully saturated rings. The Bertz CT molecular complexity index is 1380. The van der Waals surface area contributed by atoms with Gasteiger partial charge in [-0.05, 0) is 42.2 Å². The zero-order chi connectivity index (χ0) is 30.4. The Morgan fingerprint density at radius 1 is 0.568 bits per heavy atom. The van der Waals surface area contributed by atoms with Crippen molar-refractivity contribution in [1.82, 2.24) is 0 Å². The lowest BCUT2D eigenvalue weighted by atomic mass is 9.97. The highest BCUT2D eigenvalue weighted by Gasteiger charge is 2.49. The summed E-state index contributed by atoms with van der Waals surface area (Å²) in [4.78, 5) is 0. The molecule has 6 nitrogen and oxygen atoms in total. The maximum Gasteiger partial charge on any atom is 0.228 e. The Morgan fingerprint density at radius 3 is 1.43 bits per heavy atom. The molecule has 0 radical (unpaired) electrons. The summed E-state index contributed by atoms with van der Waals surface area (Å²) in [6.45, 7) is 5.74. The van der Waals surface area contributed by atoms with Crippen LogP contribution in [0.25, 0.3) is 0 Å². The summed E-state index contributed by atoms with van der Waals surface area (Å²) in [5.41, 5.74) is 4.25. The minimum atomic E-state index is -0.738. The van der Waals surface area contributed by atoms with Crippen LogP contribution in [0.4, 0.5) is 0 Å². The highest BCUT2D eigenvalue weighted by Crippen LogP contribution is 2.32. The zero-order valence-electron chi connectivity index (χ0n) is 25.5. The van der Waals surface area contributed by atoms with Crippen LogP contribution in [0.3, 0.4) is 0 Å². The van der Waals surface area contributed by atoms with Gasteiger partial charge in [-0.15, -0.1) is 0 Å². The van der Waals surface area contributed by atoms with E-state index in [4.69, 9.17) is 28.4 Å². The summed E-state index contributed by atoms with van der Waals surface area (Å²) in [6, 6.07) is 40.4. The second-order valence-electron chi connectivity index (χ2n) is 10.8. The standard InChI is InChI=1S/C38H42O6/c1-3-29(2)43-38-37(42-27-33-22-14-7-15-23-33)36(41-26-32-20-12-6-13-21-32)35(40-25-31-18-10-5-11-19-31)34(44-38)28-39-24-30-16-8-4-9-17-30/h3-23,34-38H,24-28H2,1-2H3/b29-3-. The molecule has 0 amide bonds. The molecule has 230 valence electrons. The molecule has 1 aliphatic rings. The summed E-state index contributed by atoms with van der Waals surface area (Å²) in [5, 5.41) is 0. The summed E-state index contributed by atoms with van der Waals surface area (Å²) >= 11 is 0. The van der Waals surface area contributed by atoms with Crippen molar-refractivity contribution in [3.63, 3.8) is 0 Å².